The molecule has 0 spiro atoms. The van der Waals surface area contributed by atoms with Crippen LogP contribution in [0.5, 0.6) is 5.88 Å². The minimum Gasteiger partial charge on any atom is -0.472 e. The maximum absolute atomic E-state index is 5.99. The van der Waals surface area contributed by atoms with Crippen LogP contribution >= 0.6 is 11.3 Å². The number of aromatic amines is 1. The smallest absolute Gasteiger partial charge is 0.217 e. The molecule has 0 saturated carbocycles. The quantitative estimate of drug-likeness (QED) is 0.445. The van der Waals surface area contributed by atoms with Gasteiger partial charge in [0.25, 0.3) is 0 Å². The van der Waals surface area contributed by atoms with Crippen LogP contribution in [0.2, 0.25) is 0 Å². The Morgan fingerprint density at radius 1 is 0.929 bits per heavy atom. The topological polar surface area (TPSA) is 63.7 Å². The van der Waals surface area contributed by atoms with E-state index in [1.54, 1.807) is 29.9 Å². The van der Waals surface area contributed by atoms with Crippen LogP contribution in [0.3, 0.4) is 0 Å². The van der Waals surface area contributed by atoms with Crippen molar-refractivity contribution in [3.05, 3.63) is 84.1 Å². The van der Waals surface area contributed by atoms with Gasteiger partial charge in [-0.1, -0.05) is 24.3 Å². The monoisotopic (exact) mass is 384 g/mol. The summed E-state index contributed by atoms with van der Waals surface area (Å²) in [5, 5.41) is 8.20. The van der Waals surface area contributed by atoms with Crippen LogP contribution in [0.15, 0.2) is 79.3 Å². The molecule has 5 aromatic rings. The second-order valence-electron chi connectivity index (χ2n) is 6.29. The van der Waals surface area contributed by atoms with Gasteiger partial charge >= 0.3 is 0 Å². The third-order valence-electron chi connectivity index (χ3n) is 4.47. The van der Waals surface area contributed by atoms with Crippen molar-refractivity contribution in [1.29, 1.82) is 0 Å². The fraction of sp³-hybridized carbons (Fsp3) is 0.0455. The number of hydrogen-bond acceptors (Lipinski definition) is 5. The number of pyridine rings is 2. The highest BCUT2D eigenvalue weighted by Crippen LogP contribution is 2.31. The van der Waals surface area contributed by atoms with Crippen LogP contribution in [0.1, 0.15) is 4.88 Å². The highest BCUT2D eigenvalue weighted by atomic mass is 32.1. The van der Waals surface area contributed by atoms with E-state index in [-0.39, 0.29) is 0 Å². The Morgan fingerprint density at radius 3 is 2.75 bits per heavy atom. The third kappa shape index (κ3) is 3.25. The molecule has 0 saturated heterocycles. The van der Waals surface area contributed by atoms with E-state index in [0.717, 1.165) is 37.5 Å². The van der Waals surface area contributed by atoms with Crippen molar-refractivity contribution >= 4 is 22.2 Å². The van der Waals surface area contributed by atoms with E-state index in [1.807, 2.05) is 30.3 Å². The summed E-state index contributed by atoms with van der Waals surface area (Å²) >= 11 is 1.69. The van der Waals surface area contributed by atoms with Gasteiger partial charge in [-0.3, -0.25) is 4.98 Å². The number of fused-ring (bicyclic) bond motifs is 1. The van der Waals surface area contributed by atoms with Crippen LogP contribution in [0.4, 0.5) is 0 Å². The summed E-state index contributed by atoms with van der Waals surface area (Å²) in [5.74, 6) is 0.657. The number of nitrogens with zero attached hydrogens (tertiary/aromatic N) is 3. The van der Waals surface area contributed by atoms with Gasteiger partial charge in [-0.15, -0.1) is 11.3 Å². The largest absolute Gasteiger partial charge is 0.472 e. The highest BCUT2D eigenvalue weighted by molar-refractivity contribution is 7.15. The molecule has 0 atom stereocenters. The van der Waals surface area contributed by atoms with Gasteiger partial charge in [-0.05, 0) is 42.0 Å². The van der Waals surface area contributed by atoms with Crippen LogP contribution in [0, 0.1) is 0 Å². The van der Waals surface area contributed by atoms with Crippen molar-refractivity contribution in [2.75, 3.05) is 0 Å². The predicted molar refractivity (Wildman–Crippen MR) is 111 cm³/mol. The van der Waals surface area contributed by atoms with E-state index in [2.05, 4.69) is 45.5 Å². The minimum atomic E-state index is 0.471. The first-order valence-corrected chi connectivity index (χ1v) is 9.70. The lowest BCUT2D eigenvalue weighted by molar-refractivity contribution is 0.298. The van der Waals surface area contributed by atoms with E-state index in [0.29, 0.717) is 12.5 Å². The van der Waals surface area contributed by atoms with Crippen molar-refractivity contribution in [3.63, 3.8) is 0 Å². The van der Waals surface area contributed by atoms with Crippen molar-refractivity contribution in [2.24, 2.45) is 0 Å². The van der Waals surface area contributed by atoms with E-state index >= 15 is 0 Å². The predicted octanol–water partition coefficient (Wildman–Crippen LogP) is 5.33. The zero-order valence-corrected chi connectivity index (χ0v) is 15.7. The fourth-order valence-electron chi connectivity index (χ4n) is 3.06. The van der Waals surface area contributed by atoms with Crippen LogP contribution in [-0.4, -0.2) is 20.2 Å². The van der Waals surface area contributed by atoms with Crippen LogP contribution in [0.25, 0.3) is 32.6 Å². The lowest BCUT2D eigenvalue weighted by atomic mass is 10.1. The second-order valence-corrected chi connectivity index (χ2v) is 7.46. The normalized spacial score (nSPS) is 11.0. The van der Waals surface area contributed by atoms with Crippen molar-refractivity contribution in [3.8, 4) is 27.6 Å². The molecule has 136 valence electrons. The molecule has 0 radical (unpaired) electrons. The van der Waals surface area contributed by atoms with Crippen molar-refractivity contribution < 1.29 is 4.74 Å². The first kappa shape index (κ1) is 16.6. The van der Waals surface area contributed by atoms with Gasteiger partial charge in [0.05, 0.1) is 27.8 Å². The Hall–Kier alpha value is -3.51. The number of H-pyrrole nitrogens is 1. The molecule has 0 aliphatic rings. The zero-order chi connectivity index (χ0) is 18.8. The Morgan fingerprint density at radius 2 is 1.82 bits per heavy atom. The number of benzene rings is 1. The Labute approximate surface area is 165 Å². The molecular weight excluding hydrogens is 368 g/mol. The van der Waals surface area contributed by atoms with Gasteiger partial charge in [0.1, 0.15) is 6.61 Å². The maximum Gasteiger partial charge on any atom is 0.217 e. The van der Waals surface area contributed by atoms with Gasteiger partial charge in [0, 0.05) is 22.7 Å². The summed E-state index contributed by atoms with van der Waals surface area (Å²) in [5.41, 5.74) is 3.93. The molecule has 0 aliphatic carbocycles. The third-order valence-corrected chi connectivity index (χ3v) is 5.55. The molecule has 5 rings (SSSR count). The number of ether oxygens (including phenoxy) is 1. The van der Waals surface area contributed by atoms with Gasteiger partial charge in [-0.2, -0.15) is 5.10 Å². The highest BCUT2D eigenvalue weighted by Gasteiger charge is 2.11. The number of rotatable bonds is 5. The van der Waals surface area contributed by atoms with Gasteiger partial charge in [-0.25, -0.2) is 10.1 Å². The Balaban J connectivity index is 1.34. The molecule has 28 heavy (non-hydrogen) atoms. The molecule has 4 heterocycles. The first-order valence-electron chi connectivity index (χ1n) is 8.88. The Kier molecular flexibility index (Phi) is 4.31. The molecule has 4 aromatic heterocycles. The number of aromatic nitrogens is 4. The summed E-state index contributed by atoms with van der Waals surface area (Å²) < 4.78 is 5.99. The molecule has 5 nitrogen and oxygen atoms in total. The molecule has 0 aliphatic heterocycles. The number of para-hydroxylation sites is 1. The molecule has 0 unspecified atom stereocenters. The van der Waals surface area contributed by atoms with Crippen molar-refractivity contribution in [2.45, 2.75) is 6.61 Å². The number of nitrogens with one attached hydrogen (secondary N) is 1. The van der Waals surface area contributed by atoms with E-state index in [9.17, 15) is 0 Å². The zero-order valence-electron chi connectivity index (χ0n) is 14.9. The lowest BCUT2D eigenvalue weighted by Gasteiger charge is -2.05. The molecule has 1 N–H and O–H groups in total. The maximum atomic E-state index is 5.99. The summed E-state index contributed by atoms with van der Waals surface area (Å²) in [7, 11) is 0. The standard InChI is InChI=1S/C22H16N4OS/c1-2-4-19-16(3-1)5-7-20(25-19)21-8-6-17(28-21)14-27-22-18(13-24-26-22)15-9-11-23-12-10-15/h1-13H,14H2,(H,24,26). The summed E-state index contributed by atoms with van der Waals surface area (Å²) in [6.45, 7) is 0.471. The molecule has 1 aromatic carbocycles. The number of thiophene rings is 1. The van der Waals surface area contributed by atoms with Crippen molar-refractivity contribution in [1.82, 2.24) is 20.2 Å². The second kappa shape index (κ2) is 7.25. The molecule has 6 heteroatoms. The molecule has 0 amide bonds. The molecule has 0 fully saturated rings. The summed E-state index contributed by atoms with van der Waals surface area (Å²) in [6.07, 6.45) is 5.28. The lowest BCUT2D eigenvalue weighted by Crippen LogP contribution is -1.94. The average Bonchev–Trinajstić information content (AvgIpc) is 3.42. The summed E-state index contributed by atoms with van der Waals surface area (Å²) in [6, 6.07) is 20.4. The Bertz CT molecular complexity index is 1230. The number of hydrogen-bond donors (Lipinski definition) is 1. The van der Waals surface area contributed by atoms with Gasteiger partial charge in [0.15, 0.2) is 0 Å². The molecular formula is C22H16N4OS. The van der Waals surface area contributed by atoms with E-state index in [1.165, 1.54) is 0 Å². The first-order chi connectivity index (χ1) is 13.9. The van der Waals surface area contributed by atoms with Gasteiger partial charge < -0.3 is 4.74 Å². The van der Waals surface area contributed by atoms with E-state index < -0.39 is 0 Å². The summed E-state index contributed by atoms with van der Waals surface area (Å²) in [4.78, 5) is 11.1. The fourth-order valence-corrected chi connectivity index (χ4v) is 3.95. The van der Waals surface area contributed by atoms with E-state index in [4.69, 9.17) is 9.72 Å². The minimum absolute atomic E-state index is 0.471. The van der Waals surface area contributed by atoms with Crippen LogP contribution in [-0.2, 0) is 6.61 Å². The average molecular weight is 384 g/mol. The van der Waals surface area contributed by atoms with Crippen LogP contribution < -0.4 is 4.74 Å². The molecule has 0 bridgehead atoms. The van der Waals surface area contributed by atoms with Gasteiger partial charge in [0.2, 0.25) is 5.88 Å². The SMILES string of the molecule is c1ccc2nc(-c3ccc(COc4[nH]ncc4-c4ccncc4)s3)ccc2c1.